The minimum Gasteiger partial charge on any atom is -0.465 e. The highest BCUT2D eigenvalue weighted by atomic mass is 16.5. The number of fused-ring (bicyclic) bond motifs is 3. The number of ether oxygens (including phenoxy) is 1. The van der Waals surface area contributed by atoms with Crippen molar-refractivity contribution in [2.24, 2.45) is 0 Å². The number of pyridine rings is 1. The first-order chi connectivity index (χ1) is 9.61. The van der Waals surface area contributed by atoms with Crippen LogP contribution in [0.2, 0.25) is 0 Å². The van der Waals surface area contributed by atoms with Crippen LogP contribution < -0.4 is 5.63 Å². The molecule has 0 aliphatic heterocycles. The van der Waals surface area contributed by atoms with Crippen molar-refractivity contribution >= 4 is 27.8 Å². The number of hydrogen-bond donors (Lipinski definition) is 0. The van der Waals surface area contributed by atoms with E-state index in [4.69, 9.17) is 9.15 Å². The maximum absolute atomic E-state index is 11.8. The first kappa shape index (κ1) is 12.3. The second kappa shape index (κ2) is 4.45. The van der Waals surface area contributed by atoms with Crippen LogP contribution in [0.1, 0.15) is 15.9 Å². The number of aromatic nitrogens is 1. The minimum atomic E-state index is -0.603. The van der Waals surface area contributed by atoms with Gasteiger partial charge >= 0.3 is 11.6 Å². The first-order valence-electron chi connectivity index (χ1n) is 6.02. The molecule has 2 aromatic heterocycles. The minimum absolute atomic E-state index is 0.189. The molecule has 0 amide bonds. The van der Waals surface area contributed by atoms with E-state index in [-0.39, 0.29) is 5.56 Å². The number of hydrogen-bond acceptors (Lipinski definition) is 5. The van der Waals surface area contributed by atoms with Crippen molar-refractivity contribution < 1.29 is 13.9 Å². The third kappa shape index (κ3) is 1.75. The molecule has 0 saturated heterocycles. The number of rotatable bonds is 1. The molecule has 0 aliphatic rings. The van der Waals surface area contributed by atoms with E-state index in [0.717, 1.165) is 17.0 Å². The van der Waals surface area contributed by atoms with Crippen molar-refractivity contribution in [1.29, 1.82) is 0 Å². The summed E-state index contributed by atoms with van der Waals surface area (Å²) in [4.78, 5) is 27.7. The molecular weight excluding hydrogens is 258 g/mol. The summed E-state index contributed by atoms with van der Waals surface area (Å²) < 4.78 is 9.95. The number of nitrogens with zero attached hydrogens (tertiary/aromatic N) is 1. The summed E-state index contributed by atoms with van der Waals surface area (Å²) in [5, 5.41) is 1.41. The van der Waals surface area contributed by atoms with Crippen molar-refractivity contribution in [3.05, 3.63) is 52.0 Å². The van der Waals surface area contributed by atoms with Gasteiger partial charge in [0.2, 0.25) is 0 Å². The lowest BCUT2D eigenvalue weighted by Gasteiger charge is -2.08. The number of carbonyl (C=O) groups is 1. The Morgan fingerprint density at radius 1 is 1.30 bits per heavy atom. The zero-order valence-corrected chi connectivity index (χ0v) is 11.0. The molecule has 0 unspecified atom stereocenters. The van der Waals surface area contributed by atoms with Gasteiger partial charge in [0.05, 0.1) is 12.7 Å². The summed E-state index contributed by atoms with van der Waals surface area (Å²) in [6.45, 7) is 1.91. The van der Waals surface area contributed by atoms with Crippen LogP contribution in [0.3, 0.4) is 0 Å². The van der Waals surface area contributed by atoms with Crippen molar-refractivity contribution in [3.8, 4) is 0 Å². The second-order valence-corrected chi connectivity index (χ2v) is 4.44. The Morgan fingerprint density at radius 3 is 2.85 bits per heavy atom. The maximum Gasteiger partial charge on any atom is 0.338 e. The van der Waals surface area contributed by atoms with Crippen LogP contribution in [0.25, 0.3) is 21.9 Å². The van der Waals surface area contributed by atoms with Gasteiger partial charge in [0.15, 0.2) is 5.58 Å². The molecule has 20 heavy (non-hydrogen) atoms. The molecule has 3 aromatic rings. The van der Waals surface area contributed by atoms with Crippen molar-refractivity contribution in [3.63, 3.8) is 0 Å². The zero-order valence-electron chi connectivity index (χ0n) is 11.0. The summed E-state index contributed by atoms with van der Waals surface area (Å²) >= 11 is 0. The van der Waals surface area contributed by atoms with Gasteiger partial charge in [-0.15, -0.1) is 0 Å². The topological polar surface area (TPSA) is 69.4 Å². The van der Waals surface area contributed by atoms with E-state index in [1.807, 2.05) is 19.1 Å². The van der Waals surface area contributed by atoms with Gasteiger partial charge in [-0.1, -0.05) is 6.07 Å². The molecule has 100 valence electrons. The van der Waals surface area contributed by atoms with E-state index < -0.39 is 11.6 Å². The van der Waals surface area contributed by atoms with Gasteiger partial charge in [0, 0.05) is 23.0 Å². The van der Waals surface area contributed by atoms with E-state index in [1.165, 1.54) is 7.11 Å². The quantitative estimate of drug-likeness (QED) is 0.385. The molecular formula is C15H11NO4. The number of esters is 1. The molecule has 0 aliphatic carbocycles. The Bertz CT molecular complexity index is 895. The van der Waals surface area contributed by atoms with Gasteiger partial charge in [-0.25, -0.2) is 9.59 Å². The molecule has 0 bridgehead atoms. The van der Waals surface area contributed by atoms with Crippen LogP contribution in [0.5, 0.6) is 0 Å². The van der Waals surface area contributed by atoms with Crippen LogP contribution in [0.15, 0.2) is 39.7 Å². The van der Waals surface area contributed by atoms with E-state index in [1.54, 1.807) is 12.3 Å². The SMILES string of the molecule is COC(=O)c1cc(=O)oc2c1cc(C)c1cccnc12. The second-order valence-electron chi connectivity index (χ2n) is 4.44. The summed E-state index contributed by atoms with van der Waals surface area (Å²) in [6.07, 6.45) is 1.62. The van der Waals surface area contributed by atoms with Gasteiger partial charge < -0.3 is 9.15 Å². The fourth-order valence-electron chi connectivity index (χ4n) is 2.30. The predicted molar refractivity (Wildman–Crippen MR) is 73.9 cm³/mol. The molecule has 1 aromatic carbocycles. The van der Waals surface area contributed by atoms with Gasteiger partial charge in [-0.05, 0) is 24.6 Å². The molecule has 0 N–H and O–H groups in total. The highest BCUT2D eigenvalue weighted by molar-refractivity contribution is 6.10. The monoisotopic (exact) mass is 269 g/mol. The fourth-order valence-corrected chi connectivity index (χ4v) is 2.30. The Balaban J connectivity index is 2.57. The van der Waals surface area contributed by atoms with Crippen LogP contribution in [-0.4, -0.2) is 18.1 Å². The molecule has 0 spiro atoms. The van der Waals surface area contributed by atoms with E-state index in [9.17, 15) is 9.59 Å². The largest absolute Gasteiger partial charge is 0.465 e. The fraction of sp³-hybridized carbons (Fsp3) is 0.133. The molecule has 2 heterocycles. The average molecular weight is 269 g/mol. The molecule has 0 saturated carbocycles. The lowest BCUT2D eigenvalue weighted by Crippen LogP contribution is -2.08. The summed E-state index contributed by atoms with van der Waals surface area (Å²) in [7, 11) is 1.27. The molecule has 5 heteroatoms. The van der Waals surface area contributed by atoms with Crippen LogP contribution >= 0.6 is 0 Å². The van der Waals surface area contributed by atoms with Gasteiger partial charge in [0.25, 0.3) is 0 Å². The molecule has 0 fully saturated rings. The Labute approximate surface area is 113 Å². The number of benzene rings is 1. The van der Waals surface area contributed by atoms with Gasteiger partial charge in [-0.3, -0.25) is 4.98 Å². The zero-order chi connectivity index (χ0) is 14.3. The first-order valence-corrected chi connectivity index (χ1v) is 6.02. The van der Waals surface area contributed by atoms with E-state index in [0.29, 0.717) is 16.5 Å². The molecule has 0 atom stereocenters. The molecule has 3 rings (SSSR count). The summed E-state index contributed by atoms with van der Waals surface area (Å²) in [5.74, 6) is -0.572. The van der Waals surface area contributed by atoms with Crippen LogP contribution in [0.4, 0.5) is 0 Å². The Kier molecular flexibility index (Phi) is 2.75. The molecule has 0 radical (unpaired) electrons. The lowest BCUT2D eigenvalue weighted by atomic mass is 10.0. The smallest absolute Gasteiger partial charge is 0.338 e. The van der Waals surface area contributed by atoms with Gasteiger partial charge in [-0.2, -0.15) is 0 Å². The van der Waals surface area contributed by atoms with Crippen molar-refractivity contribution in [2.45, 2.75) is 6.92 Å². The molecule has 5 nitrogen and oxygen atoms in total. The third-order valence-electron chi connectivity index (χ3n) is 3.21. The van der Waals surface area contributed by atoms with E-state index in [2.05, 4.69) is 4.98 Å². The Morgan fingerprint density at radius 2 is 2.10 bits per heavy atom. The predicted octanol–water partition coefficient (Wildman–Crippen LogP) is 2.44. The highest BCUT2D eigenvalue weighted by Gasteiger charge is 2.17. The number of aryl methyl sites for hydroxylation is 1. The normalized spacial score (nSPS) is 10.9. The summed E-state index contributed by atoms with van der Waals surface area (Å²) in [6, 6.07) is 6.64. The van der Waals surface area contributed by atoms with E-state index >= 15 is 0 Å². The summed E-state index contributed by atoms with van der Waals surface area (Å²) in [5.41, 5.74) is 1.40. The van der Waals surface area contributed by atoms with Crippen LogP contribution in [-0.2, 0) is 4.74 Å². The highest BCUT2D eigenvalue weighted by Crippen LogP contribution is 2.28. The Hall–Kier alpha value is -2.69. The number of methoxy groups -OCH3 is 1. The van der Waals surface area contributed by atoms with Gasteiger partial charge in [0.1, 0.15) is 5.52 Å². The third-order valence-corrected chi connectivity index (χ3v) is 3.21. The standard InChI is InChI=1S/C15H11NO4/c1-8-6-10-11(15(18)19-2)7-12(17)20-14(10)13-9(8)4-3-5-16-13/h3-7H,1-2H3. The lowest BCUT2D eigenvalue weighted by molar-refractivity contribution is 0.0602. The number of carbonyl (C=O) groups excluding carboxylic acids is 1. The average Bonchev–Trinajstić information content (AvgIpc) is 2.47. The van der Waals surface area contributed by atoms with Crippen LogP contribution in [0, 0.1) is 6.92 Å². The maximum atomic E-state index is 11.8. The van der Waals surface area contributed by atoms with Crippen molar-refractivity contribution in [1.82, 2.24) is 4.98 Å². The van der Waals surface area contributed by atoms with Crippen molar-refractivity contribution in [2.75, 3.05) is 7.11 Å².